The van der Waals surface area contributed by atoms with E-state index in [4.69, 9.17) is 10.5 Å². The van der Waals surface area contributed by atoms with E-state index in [1.807, 2.05) is 0 Å². The Balaban J connectivity index is 0.00000541. The summed E-state index contributed by atoms with van der Waals surface area (Å²) < 4.78 is 164. The average Bonchev–Trinajstić information content (AvgIpc) is 0.990. The fourth-order valence-corrected chi connectivity index (χ4v) is 11.0. The predicted octanol–water partition coefficient (Wildman–Crippen LogP) is -13.6. The van der Waals surface area contributed by atoms with Crippen LogP contribution in [0.4, 0.5) is 51.2 Å². The third kappa shape index (κ3) is 19.8. The minimum absolute atomic E-state index is 0. The molecule has 87 heavy (non-hydrogen) atoms. The minimum atomic E-state index is -5.88. The van der Waals surface area contributed by atoms with Crippen LogP contribution in [-0.4, -0.2) is 74.3 Å². The first-order valence-corrected chi connectivity index (χ1v) is 28.0. The maximum Gasteiger partial charge on any atom is 1.00 e. The molecule has 0 saturated heterocycles. The molecule has 8 aromatic carbocycles. The number of rotatable bonds is 19. The molecule has 0 atom stereocenters. The summed E-state index contributed by atoms with van der Waals surface area (Å²) in [4.78, 5) is -5.00. The molecule has 0 radical (unpaired) electrons. The van der Waals surface area contributed by atoms with Crippen molar-refractivity contribution < 1.29 is 308 Å². The standard InChI is InChI=1S/C43H30N9O22S6.7Na/c1-70-22-8-12-26(30(17-22)75-73-71-56)46-52-39-34(79(64,65)66)18-25-24(41(39)54)10-13-29(43(25)80(67,68)69)49-51-38-33(78(61,62)63)16-19-6-11-28(42(55)35(19)36(38)44)48-45-21-7-9-23-20(14-21)15-31(76-74-72-57)37(40(23)53)50-47-27-4-2-3-5-32(27)77(58,59)60;;;;;;;/h2-10,12-18,53-57H,44H2,1H3,(H,58,59,60)(H,61,62,63)(H,64,65,66)(H,67,68,69);;;;;;;/q-1;7*+1/p-6. The Hall–Kier alpha value is -0.960. The summed E-state index contributed by atoms with van der Waals surface area (Å²) in [6, 6.07) is 20.0. The van der Waals surface area contributed by atoms with Crippen molar-refractivity contribution >= 4 is 148 Å². The fourth-order valence-electron chi connectivity index (χ4n) is 7.38. The third-order valence-electron chi connectivity index (χ3n) is 10.8. The number of nitrogens with zero attached hydrogens (tertiary/aromatic N) is 8. The Morgan fingerprint density at radius 1 is 0.494 bits per heavy atom. The molecular weight excluding hydrogens is 1350 g/mol. The zero-order valence-electron chi connectivity index (χ0n) is 45.9. The number of hydrogen-bond acceptors (Lipinski definition) is 33. The van der Waals surface area contributed by atoms with E-state index in [0.29, 0.717) is 24.2 Å². The van der Waals surface area contributed by atoms with Crippen molar-refractivity contribution in [2.75, 3.05) is 12.8 Å². The molecule has 0 unspecified atom stereocenters. The molecule has 0 spiro atoms. The van der Waals surface area contributed by atoms with Gasteiger partial charge in [-0.2, -0.15) is 31.0 Å². The van der Waals surface area contributed by atoms with Gasteiger partial charge in [0.2, 0.25) is 0 Å². The van der Waals surface area contributed by atoms with Crippen molar-refractivity contribution in [2.45, 2.75) is 29.4 Å². The maximum atomic E-state index is 12.9. The Morgan fingerprint density at radius 2 is 1.03 bits per heavy atom. The summed E-state index contributed by atoms with van der Waals surface area (Å²) in [7, 11) is -21.0. The van der Waals surface area contributed by atoms with Gasteiger partial charge in [0.05, 0.1) is 66.3 Å². The molecule has 44 heteroatoms. The Morgan fingerprint density at radius 3 is 1.64 bits per heavy atom. The van der Waals surface area contributed by atoms with E-state index in [1.165, 1.54) is 61.7 Å². The summed E-state index contributed by atoms with van der Waals surface area (Å²) in [6.07, 6.45) is 0. The van der Waals surface area contributed by atoms with Crippen molar-refractivity contribution in [3.05, 3.63) is 103 Å². The second kappa shape index (κ2) is 35.5. The van der Waals surface area contributed by atoms with Crippen LogP contribution in [0.2, 0.25) is 0 Å². The summed E-state index contributed by atoms with van der Waals surface area (Å²) >= 11 is 0.549. The molecule has 31 nitrogen and oxygen atoms in total. The third-order valence-corrected chi connectivity index (χ3v) is 15.5. The number of anilines is 1. The minimum Gasteiger partial charge on any atom is -0.744 e. The van der Waals surface area contributed by atoms with Gasteiger partial charge in [-0.05, 0) is 78.2 Å². The van der Waals surface area contributed by atoms with Crippen molar-refractivity contribution in [1.82, 2.24) is 0 Å². The van der Waals surface area contributed by atoms with Crippen LogP contribution in [0.25, 0.3) is 32.3 Å². The monoisotopic (exact) mass is 1370 g/mol. The van der Waals surface area contributed by atoms with E-state index in [-0.39, 0.29) is 273 Å². The van der Waals surface area contributed by atoms with Gasteiger partial charge in [0, 0.05) is 33.3 Å². The molecular formula is C43H24N9Na7O22S6. The fraction of sp³-hybridized carbons (Fsp3) is 0.0233. The number of benzene rings is 8. The molecule has 8 rings (SSSR count). The van der Waals surface area contributed by atoms with Gasteiger partial charge in [0.15, 0.2) is 11.5 Å². The molecule has 0 aromatic heterocycles. The van der Waals surface area contributed by atoms with E-state index in [1.54, 1.807) is 0 Å². The first-order valence-electron chi connectivity index (χ1n) is 20.9. The number of nitrogen functional groups attached to an aromatic ring is 1. The molecule has 0 aliphatic rings. The molecule has 0 fully saturated rings. The van der Waals surface area contributed by atoms with Crippen molar-refractivity contribution in [2.24, 2.45) is 40.9 Å². The molecule has 0 aliphatic carbocycles. The first-order chi connectivity index (χ1) is 37.7. The van der Waals surface area contributed by atoms with E-state index in [0.717, 1.165) is 30.3 Å². The zero-order valence-corrected chi connectivity index (χ0v) is 64.8. The van der Waals surface area contributed by atoms with Crippen LogP contribution in [0.1, 0.15) is 0 Å². The van der Waals surface area contributed by atoms with Gasteiger partial charge in [-0.1, -0.05) is 23.6 Å². The zero-order chi connectivity index (χ0) is 58.1. The largest absolute Gasteiger partial charge is 1.00 e. The van der Waals surface area contributed by atoms with Gasteiger partial charge < -0.3 is 54.5 Å². The number of hydrogen-bond donors (Lipinski definition) is 4. The van der Waals surface area contributed by atoms with Crippen LogP contribution in [0.3, 0.4) is 0 Å². The summed E-state index contributed by atoms with van der Waals surface area (Å²) in [6.45, 7) is 0. The van der Waals surface area contributed by atoms with Gasteiger partial charge in [-0.25, -0.2) is 33.7 Å². The Labute approximate surface area is 655 Å². The molecule has 0 saturated carbocycles. The van der Waals surface area contributed by atoms with E-state index in [2.05, 4.69) is 65.7 Å². The Bertz CT molecular complexity index is 4490. The summed E-state index contributed by atoms with van der Waals surface area (Å²) in [5.74, 6) is -2.49. The quantitative estimate of drug-likeness (QED) is 0.00853. The summed E-state index contributed by atoms with van der Waals surface area (Å²) in [5.41, 5.74) is 0.919. The number of nitrogens with two attached hydrogens (primary N) is 1. The maximum absolute atomic E-state index is 12.9. The predicted molar refractivity (Wildman–Crippen MR) is 264 cm³/mol. The smallest absolute Gasteiger partial charge is 0.744 e. The molecule has 0 amide bonds. The number of ether oxygens (including phenoxy) is 1. The molecule has 0 aliphatic heterocycles. The van der Waals surface area contributed by atoms with Crippen molar-refractivity contribution in [1.29, 1.82) is 0 Å². The van der Waals surface area contributed by atoms with Gasteiger partial charge in [0.1, 0.15) is 80.3 Å². The van der Waals surface area contributed by atoms with Crippen LogP contribution < -0.4 is 228 Å². The van der Waals surface area contributed by atoms with Crippen LogP contribution in [0, 0.1) is 6.07 Å². The molecule has 8 aromatic rings. The summed E-state index contributed by atoms with van der Waals surface area (Å²) in [5, 5.41) is 90.3. The van der Waals surface area contributed by atoms with E-state index < -0.39 is 122 Å². The van der Waals surface area contributed by atoms with Crippen molar-refractivity contribution in [3.63, 3.8) is 0 Å². The average molecular weight is 1370 g/mol. The molecule has 0 bridgehead atoms. The topological polar surface area (TPSA) is 507 Å². The van der Waals surface area contributed by atoms with E-state index >= 15 is 0 Å². The van der Waals surface area contributed by atoms with E-state index in [9.17, 15) is 77.7 Å². The number of azo groups is 4. The van der Waals surface area contributed by atoms with Gasteiger partial charge in [0.25, 0.3) is 0 Å². The SMILES string of the molecule is COc1ccc(N=Nc2c(S(=O)(=O)[O-])cc3c(S(=O)(=O)[O-])c(N=Nc4c(S(=O)(=O)[O-])cc5c[c-]c(N=Nc6ccc7c(O)c(N=Nc8ccccc8S(=O)(=O)[O-])c(SOO[O-])cc7c6)c(O)c5c4N)ccc3c2O)c(SOO[O-])c1.[Na+].[Na+].[Na+].[Na+].[Na+].[Na+].[Na+]. The Kier molecular flexibility index (Phi) is 34.3. The first kappa shape index (κ1) is 84.1. The van der Waals surface area contributed by atoms with Crippen LogP contribution in [0.5, 0.6) is 23.0 Å². The second-order valence-corrected chi connectivity index (χ2v) is 22.3. The van der Waals surface area contributed by atoms with Gasteiger partial charge in [-0.3, -0.25) is 10.1 Å². The number of methoxy groups -OCH3 is 1. The number of phenols is 3. The second-order valence-electron chi connectivity index (χ2n) is 15.5. The van der Waals surface area contributed by atoms with Crippen molar-refractivity contribution in [3.8, 4) is 23.0 Å². The van der Waals surface area contributed by atoms with Crippen LogP contribution in [-0.2, 0) is 59.2 Å². The van der Waals surface area contributed by atoms with Gasteiger partial charge in [-0.15, -0.1) is 36.1 Å². The van der Waals surface area contributed by atoms with Crippen LogP contribution in [0.15, 0.2) is 167 Å². The normalized spacial score (nSPS) is 11.9. The molecule has 0 heterocycles. The number of phenolic OH excluding ortho intramolecular Hbond substituents is 3. The number of fused-ring (bicyclic) bond motifs is 3. The number of aromatic hydroxyl groups is 3. The molecule has 416 valence electrons. The van der Waals surface area contributed by atoms with Gasteiger partial charge >= 0.3 is 207 Å². The van der Waals surface area contributed by atoms with Crippen LogP contribution >= 0.6 is 24.1 Å². The molecule has 5 N–H and O–H groups in total.